The second kappa shape index (κ2) is 16.5. The van der Waals surface area contributed by atoms with Crippen LogP contribution in [0.1, 0.15) is 51.9 Å². The molecule has 0 aliphatic rings. The maximum absolute atomic E-state index is 9.60. The van der Waals surface area contributed by atoms with Crippen molar-refractivity contribution in [2.24, 2.45) is 0 Å². The summed E-state index contributed by atoms with van der Waals surface area (Å²) in [5.74, 6) is 0.649. The Morgan fingerprint density at radius 1 is 0.613 bits per heavy atom. The van der Waals surface area contributed by atoms with E-state index in [0.29, 0.717) is 12.4 Å². The van der Waals surface area contributed by atoms with Gasteiger partial charge in [-0.25, -0.2) is 0 Å². The van der Waals surface area contributed by atoms with E-state index in [4.69, 9.17) is 9.05 Å². The van der Waals surface area contributed by atoms with Crippen molar-refractivity contribution in [1.82, 2.24) is 0 Å². The molecular formula is C27H35O3P. The molecule has 3 aromatic rings. The Hall–Kier alpha value is -2.19. The van der Waals surface area contributed by atoms with Gasteiger partial charge in [-0.3, -0.25) is 0 Å². The van der Waals surface area contributed by atoms with Crippen LogP contribution in [0.25, 0.3) is 11.1 Å². The Labute approximate surface area is 189 Å². The van der Waals surface area contributed by atoms with Crippen LogP contribution >= 0.6 is 8.60 Å². The average molecular weight is 439 g/mol. The number of para-hydroxylation sites is 1. The summed E-state index contributed by atoms with van der Waals surface area (Å²) in [6.07, 6.45) is 8.68. The van der Waals surface area contributed by atoms with Gasteiger partial charge < -0.3 is 13.9 Å². The molecule has 1 unspecified atom stereocenters. The minimum atomic E-state index is -1.79. The monoisotopic (exact) mass is 438 g/mol. The number of unbranched alkanes of at least 4 members (excludes halogenated alkanes) is 6. The van der Waals surface area contributed by atoms with Crippen LogP contribution < -0.4 is 4.52 Å². The fourth-order valence-corrected chi connectivity index (χ4v) is 3.70. The summed E-state index contributed by atoms with van der Waals surface area (Å²) in [5, 5.41) is 0. The minimum absolute atomic E-state index is 0.572. The molecule has 0 fully saturated rings. The van der Waals surface area contributed by atoms with Crippen LogP contribution in [0.5, 0.6) is 5.75 Å². The van der Waals surface area contributed by atoms with E-state index in [-0.39, 0.29) is 0 Å². The van der Waals surface area contributed by atoms with Crippen LogP contribution in [0.15, 0.2) is 91.0 Å². The van der Waals surface area contributed by atoms with Crippen LogP contribution in [-0.2, 0) is 4.52 Å². The van der Waals surface area contributed by atoms with Gasteiger partial charge >= 0.3 is 8.60 Å². The quantitative estimate of drug-likeness (QED) is 0.228. The van der Waals surface area contributed by atoms with E-state index in [9.17, 15) is 4.89 Å². The lowest BCUT2D eigenvalue weighted by molar-refractivity contribution is 0.253. The van der Waals surface area contributed by atoms with Crippen molar-refractivity contribution in [2.45, 2.75) is 51.9 Å². The van der Waals surface area contributed by atoms with Gasteiger partial charge in [-0.15, -0.1) is 0 Å². The van der Waals surface area contributed by atoms with Crippen LogP contribution in [0.2, 0.25) is 0 Å². The highest BCUT2D eigenvalue weighted by atomic mass is 31.2. The molecular weight excluding hydrogens is 403 g/mol. The molecule has 1 N–H and O–H groups in total. The van der Waals surface area contributed by atoms with Crippen LogP contribution in [0.4, 0.5) is 0 Å². The van der Waals surface area contributed by atoms with Crippen molar-refractivity contribution < 1.29 is 13.9 Å². The van der Waals surface area contributed by atoms with Crippen molar-refractivity contribution in [3.63, 3.8) is 0 Å². The van der Waals surface area contributed by atoms with Gasteiger partial charge in [-0.1, -0.05) is 124 Å². The molecule has 0 aromatic heterocycles. The average Bonchev–Trinajstić information content (AvgIpc) is 2.83. The molecule has 166 valence electrons. The van der Waals surface area contributed by atoms with Gasteiger partial charge in [0.25, 0.3) is 0 Å². The zero-order chi connectivity index (χ0) is 22.0. The zero-order valence-electron chi connectivity index (χ0n) is 18.5. The second-order valence-electron chi connectivity index (χ2n) is 7.33. The Kier molecular flexibility index (Phi) is 13.3. The number of hydrogen-bond donors (Lipinski definition) is 1. The number of benzene rings is 3. The maximum atomic E-state index is 9.60. The Morgan fingerprint density at radius 2 is 1.06 bits per heavy atom. The predicted molar refractivity (Wildman–Crippen MR) is 132 cm³/mol. The summed E-state index contributed by atoms with van der Waals surface area (Å²) >= 11 is 0. The molecule has 3 aromatic carbocycles. The van der Waals surface area contributed by atoms with Gasteiger partial charge in [-0.2, -0.15) is 0 Å². The van der Waals surface area contributed by atoms with Gasteiger partial charge in [0.15, 0.2) is 0 Å². The molecule has 4 heteroatoms. The molecule has 0 saturated carbocycles. The largest absolute Gasteiger partial charge is 0.427 e. The van der Waals surface area contributed by atoms with E-state index in [1.165, 1.54) is 43.2 Å². The van der Waals surface area contributed by atoms with Crippen LogP contribution in [0, 0.1) is 0 Å². The molecule has 0 radical (unpaired) electrons. The Bertz CT molecular complexity index is 744. The first-order chi connectivity index (χ1) is 15.3. The molecule has 3 nitrogen and oxygen atoms in total. The van der Waals surface area contributed by atoms with Crippen molar-refractivity contribution in [3.05, 3.63) is 91.0 Å². The summed E-state index contributed by atoms with van der Waals surface area (Å²) in [6, 6.07) is 30.0. The minimum Gasteiger partial charge on any atom is -0.427 e. The molecule has 0 aliphatic heterocycles. The molecule has 31 heavy (non-hydrogen) atoms. The highest BCUT2D eigenvalue weighted by Crippen LogP contribution is 2.34. The lowest BCUT2D eigenvalue weighted by atomic mass is 10.1. The first-order valence-electron chi connectivity index (χ1n) is 11.2. The summed E-state index contributed by atoms with van der Waals surface area (Å²) in [7, 11) is -1.79. The van der Waals surface area contributed by atoms with Gasteiger partial charge in [-0.05, 0) is 29.7 Å². The number of hydrogen-bond acceptors (Lipinski definition) is 3. The Balaban J connectivity index is 0.000000242. The Morgan fingerprint density at radius 3 is 1.58 bits per heavy atom. The summed E-state index contributed by atoms with van der Waals surface area (Å²) in [6.45, 7) is 2.80. The van der Waals surface area contributed by atoms with E-state index >= 15 is 0 Å². The van der Waals surface area contributed by atoms with Crippen LogP contribution in [-0.4, -0.2) is 11.5 Å². The summed E-state index contributed by atoms with van der Waals surface area (Å²) < 4.78 is 10.5. The van der Waals surface area contributed by atoms with Gasteiger partial charge in [0.1, 0.15) is 5.75 Å². The predicted octanol–water partition coefficient (Wildman–Crippen LogP) is 8.41. The maximum Gasteiger partial charge on any atom is 0.394 e. The zero-order valence-corrected chi connectivity index (χ0v) is 19.4. The van der Waals surface area contributed by atoms with E-state index in [1.54, 1.807) is 0 Å². The molecule has 0 spiro atoms. The molecule has 3 rings (SSSR count). The first-order valence-corrected chi connectivity index (χ1v) is 12.4. The fraction of sp³-hybridized carbons (Fsp3) is 0.333. The SMILES string of the molecule is CCCCCCCCCOP(O)Oc1ccccc1.c1ccc(-c2ccccc2)cc1. The third-order valence-corrected chi connectivity index (χ3v) is 5.53. The highest BCUT2D eigenvalue weighted by Gasteiger charge is 2.07. The molecule has 1 atom stereocenters. The number of rotatable bonds is 12. The van der Waals surface area contributed by atoms with E-state index in [1.807, 2.05) is 42.5 Å². The topological polar surface area (TPSA) is 38.7 Å². The molecule has 0 bridgehead atoms. The molecule has 0 amide bonds. The third kappa shape index (κ3) is 11.7. The first kappa shape index (κ1) is 25.1. The van der Waals surface area contributed by atoms with Crippen molar-refractivity contribution in [2.75, 3.05) is 6.61 Å². The van der Waals surface area contributed by atoms with E-state index in [0.717, 1.165) is 12.8 Å². The fourth-order valence-electron chi connectivity index (χ4n) is 3.06. The van der Waals surface area contributed by atoms with E-state index in [2.05, 4.69) is 55.5 Å². The normalized spacial score (nSPS) is 11.3. The molecule has 0 aliphatic carbocycles. The summed E-state index contributed by atoms with van der Waals surface area (Å²) in [5.41, 5.74) is 2.55. The van der Waals surface area contributed by atoms with Crippen molar-refractivity contribution >= 4 is 8.60 Å². The van der Waals surface area contributed by atoms with Gasteiger partial charge in [0.05, 0.1) is 6.61 Å². The smallest absolute Gasteiger partial charge is 0.394 e. The van der Waals surface area contributed by atoms with Crippen LogP contribution in [0.3, 0.4) is 0 Å². The molecule has 0 saturated heterocycles. The standard InChI is InChI=1S/C15H25O3P.C12H10/c1-2-3-4-5-6-7-11-14-17-19(16)18-15-12-9-8-10-13-15;1-3-7-11(8-4-1)12-9-5-2-6-10-12/h8-10,12-13,16H,2-7,11,14H2,1H3;1-10H. The van der Waals surface area contributed by atoms with Gasteiger partial charge in [0, 0.05) is 0 Å². The summed E-state index contributed by atoms with van der Waals surface area (Å²) in [4.78, 5) is 9.60. The lowest BCUT2D eigenvalue weighted by Gasteiger charge is -2.11. The van der Waals surface area contributed by atoms with Crippen molar-refractivity contribution in [1.29, 1.82) is 0 Å². The third-order valence-electron chi connectivity index (χ3n) is 4.76. The lowest BCUT2D eigenvalue weighted by Crippen LogP contribution is -1.95. The second-order valence-corrected chi connectivity index (χ2v) is 8.25. The van der Waals surface area contributed by atoms with Gasteiger partial charge in [0.2, 0.25) is 0 Å². The highest BCUT2D eigenvalue weighted by molar-refractivity contribution is 7.41. The van der Waals surface area contributed by atoms with Crippen molar-refractivity contribution in [3.8, 4) is 16.9 Å². The van der Waals surface area contributed by atoms with E-state index < -0.39 is 8.60 Å². The molecule has 0 heterocycles.